The molecule has 1 aliphatic rings. The van der Waals surface area contributed by atoms with Crippen molar-refractivity contribution in [1.29, 1.82) is 0 Å². The first-order chi connectivity index (χ1) is 9.00. The van der Waals surface area contributed by atoms with Gasteiger partial charge in [-0.25, -0.2) is 0 Å². The van der Waals surface area contributed by atoms with Gasteiger partial charge in [-0.05, 0) is 18.4 Å². The van der Waals surface area contributed by atoms with Gasteiger partial charge in [0, 0.05) is 29.5 Å². The van der Waals surface area contributed by atoms with Crippen molar-refractivity contribution in [2.75, 3.05) is 13.2 Å². The molecule has 1 aliphatic heterocycles. The second-order valence-corrected chi connectivity index (χ2v) is 5.57. The Labute approximate surface area is 118 Å². The van der Waals surface area contributed by atoms with E-state index in [1.54, 1.807) is 13.0 Å². The van der Waals surface area contributed by atoms with Crippen LogP contribution in [-0.2, 0) is 11.2 Å². The lowest BCUT2D eigenvalue weighted by Crippen LogP contribution is -2.07. The van der Waals surface area contributed by atoms with E-state index in [1.165, 1.54) is 0 Å². The molecule has 104 valence electrons. The largest absolute Gasteiger partial charge is 0.489 e. The van der Waals surface area contributed by atoms with Crippen molar-refractivity contribution in [3.63, 3.8) is 0 Å². The summed E-state index contributed by atoms with van der Waals surface area (Å²) in [6.07, 6.45) is 1.19. The fourth-order valence-corrected chi connectivity index (χ4v) is 2.64. The Morgan fingerprint density at radius 3 is 2.68 bits per heavy atom. The van der Waals surface area contributed by atoms with Gasteiger partial charge in [0.2, 0.25) is 0 Å². The van der Waals surface area contributed by atoms with E-state index in [2.05, 4.69) is 13.8 Å². The van der Waals surface area contributed by atoms with Crippen LogP contribution >= 0.6 is 11.6 Å². The van der Waals surface area contributed by atoms with Crippen LogP contribution in [0, 0.1) is 0 Å². The molecule has 0 amide bonds. The summed E-state index contributed by atoms with van der Waals surface area (Å²) in [5.74, 6) is 1.77. The molecule has 0 atom stereocenters. The highest BCUT2D eigenvalue weighted by atomic mass is 35.5. The Bertz CT molecular complexity index is 495. The third-order valence-electron chi connectivity index (χ3n) is 3.14. The molecule has 19 heavy (non-hydrogen) atoms. The normalized spacial score (nSPS) is 14.4. The van der Waals surface area contributed by atoms with Gasteiger partial charge in [0.25, 0.3) is 0 Å². The summed E-state index contributed by atoms with van der Waals surface area (Å²) in [5.41, 5.74) is 1.87. The molecule has 4 heteroatoms. The van der Waals surface area contributed by atoms with Gasteiger partial charge in [0.15, 0.2) is 11.5 Å². The molecule has 1 heterocycles. The number of carbonyl (C=O) groups excluding carboxylic acids is 1. The minimum Gasteiger partial charge on any atom is -0.489 e. The van der Waals surface area contributed by atoms with E-state index in [-0.39, 0.29) is 11.7 Å². The van der Waals surface area contributed by atoms with Crippen LogP contribution in [0.4, 0.5) is 0 Å². The SMILES string of the molecule is CC(=O)Cc1c(Cl)cc2c(c1C(C)C)OCCCO2. The lowest BCUT2D eigenvalue weighted by Gasteiger charge is -2.20. The van der Waals surface area contributed by atoms with Crippen molar-refractivity contribution in [2.45, 2.75) is 39.5 Å². The van der Waals surface area contributed by atoms with Gasteiger partial charge in [-0.15, -0.1) is 0 Å². The lowest BCUT2D eigenvalue weighted by molar-refractivity contribution is -0.116. The smallest absolute Gasteiger partial charge is 0.164 e. The number of carbonyl (C=O) groups is 1. The predicted octanol–water partition coefficient (Wildman–Crippen LogP) is 3.76. The molecule has 0 N–H and O–H groups in total. The topological polar surface area (TPSA) is 35.5 Å². The van der Waals surface area contributed by atoms with E-state index < -0.39 is 0 Å². The van der Waals surface area contributed by atoms with Gasteiger partial charge >= 0.3 is 0 Å². The molecule has 3 nitrogen and oxygen atoms in total. The average molecular weight is 283 g/mol. The van der Waals surface area contributed by atoms with E-state index in [4.69, 9.17) is 21.1 Å². The molecule has 1 aromatic carbocycles. The maximum Gasteiger partial charge on any atom is 0.164 e. The number of ether oxygens (including phenoxy) is 2. The van der Waals surface area contributed by atoms with Crippen LogP contribution in [0.15, 0.2) is 6.07 Å². The minimum absolute atomic E-state index is 0.0956. The molecular weight excluding hydrogens is 264 g/mol. The Balaban J connectivity index is 2.60. The first-order valence-corrected chi connectivity index (χ1v) is 6.98. The predicted molar refractivity (Wildman–Crippen MR) is 75.5 cm³/mol. The first kappa shape index (κ1) is 14.2. The summed E-state index contributed by atoms with van der Waals surface area (Å²) in [7, 11) is 0. The van der Waals surface area contributed by atoms with Gasteiger partial charge in [0.1, 0.15) is 5.78 Å². The summed E-state index contributed by atoms with van der Waals surface area (Å²) in [5, 5.41) is 0.586. The third kappa shape index (κ3) is 3.03. The molecule has 0 spiro atoms. The first-order valence-electron chi connectivity index (χ1n) is 6.61. The van der Waals surface area contributed by atoms with E-state index >= 15 is 0 Å². The highest BCUT2D eigenvalue weighted by Crippen LogP contribution is 2.43. The maximum absolute atomic E-state index is 11.4. The van der Waals surface area contributed by atoms with E-state index in [1.807, 2.05) is 0 Å². The summed E-state index contributed by atoms with van der Waals surface area (Å²) >= 11 is 6.32. The zero-order valence-electron chi connectivity index (χ0n) is 11.6. The third-order valence-corrected chi connectivity index (χ3v) is 3.47. The van der Waals surface area contributed by atoms with E-state index in [0.717, 1.165) is 23.3 Å². The Morgan fingerprint density at radius 2 is 2.05 bits per heavy atom. The summed E-state index contributed by atoms with van der Waals surface area (Å²) in [4.78, 5) is 11.4. The minimum atomic E-state index is 0.0956. The summed E-state index contributed by atoms with van der Waals surface area (Å²) < 4.78 is 11.5. The molecule has 0 radical (unpaired) electrons. The molecule has 0 saturated heterocycles. The van der Waals surface area contributed by atoms with Gasteiger partial charge in [0.05, 0.1) is 13.2 Å². The van der Waals surface area contributed by atoms with Crippen LogP contribution in [0.5, 0.6) is 11.5 Å². The number of benzene rings is 1. The van der Waals surface area contributed by atoms with Crippen LogP contribution in [0.2, 0.25) is 5.02 Å². The molecule has 0 aromatic heterocycles. The summed E-state index contributed by atoms with van der Waals surface area (Å²) in [6, 6.07) is 1.77. The van der Waals surface area contributed by atoms with Crippen molar-refractivity contribution in [3.05, 3.63) is 22.2 Å². The van der Waals surface area contributed by atoms with Crippen molar-refractivity contribution < 1.29 is 14.3 Å². The number of fused-ring (bicyclic) bond motifs is 1. The zero-order valence-corrected chi connectivity index (χ0v) is 12.3. The van der Waals surface area contributed by atoms with Gasteiger partial charge in [-0.2, -0.15) is 0 Å². The molecule has 0 saturated carbocycles. The van der Waals surface area contributed by atoms with Gasteiger partial charge < -0.3 is 9.47 Å². The molecule has 0 aliphatic carbocycles. The highest BCUT2D eigenvalue weighted by Gasteiger charge is 2.23. The van der Waals surface area contributed by atoms with E-state index in [9.17, 15) is 4.79 Å². The number of hydrogen-bond donors (Lipinski definition) is 0. The quantitative estimate of drug-likeness (QED) is 0.847. The van der Waals surface area contributed by atoms with Crippen LogP contribution in [0.1, 0.15) is 44.2 Å². The maximum atomic E-state index is 11.4. The Morgan fingerprint density at radius 1 is 1.37 bits per heavy atom. The molecule has 2 rings (SSSR count). The molecular formula is C15H19ClO3. The number of Topliss-reactive ketones (excluding diaryl/α,β-unsaturated/α-hetero) is 1. The highest BCUT2D eigenvalue weighted by molar-refractivity contribution is 6.32. The Kier molecular flexibility index (Phi) is 4.35. The van der Waals surface area contributed by atoms with Crippen LogP contribution in [-0.4, -0.2) is 19.0 Å². The standard InChI is InChI=1S/C15H19ClO3/c1-9(2)14-11(7-10(3)17)12(16)8-13-15(14)19-6-4-5-18-13/h8-9H,4-7H2,1-3H3. The second-order valence-electron chi connectivity index (χ2n) is 5.16. The molecule has 0 fully saturated rings. The fourth-order valence-electron chi connectivity index (χ4n) is 2.38. The van der Waals surface area contributed by atoms with E-state index in [0.29, 0.717) is 30.4 Å². The van der Waals surface area contributed by atoms with Crippen LogP contribution in [0.3, 0.4) is 0 Å². The van der Waals surface area contributed by atoms with Crippen molar-refractivity contribution in [2.24, 2.45) is 0 Å². The monoisotopic (exact) mass is 282 g/mol. The number of ketones is 1. The molecule has 0 bridgehead atoms. The number of rotatable bonds is 3. The van der Waals surface area contributed by atoms with Crippen LogP contribution < -0.4 is 9.47 Å². The van der Waals surface area contributed by atoms with Gasteiger partial charge in [-0.1, -0.05) is 25.4 Å². The average Bonchev–Trinajstić information content (AvgIpc) is 2.53. The van der Waals surface area contributed by atoms with Crippen molar-refractivity contribution in [3.8, 4) is 11.5 Å². The molecule has 1 aromatic rings. The zero-order chi connectivity index (χ0) is 14.0. The lowest BCUT2D eigenvalue weighted by atomic mass is 9.92. The fraction of sp³-hybridized carbons (Fsp3) is 0.533. The second kappa shape index (κ2) is 5.83. The number of halogens is 1. The number of hydrogen-bond acceptors (Lipinski definition) is 3. The van der Waals surface area contributed by atoms with Gasteiger partial charge in [-0.3, -0.25) is 4.79 Å². The molecule has 0 unspecified atom stereocenters. The summed E-state index contributed by atoms with van der Waals surface area (Å²) in [6.45, 7) is 6.98. The Hall–Kier alpha value is -1.22. The van der Waals surface area contributed by atoms with Crippen LogP contribution in [0.25, 0.3) is 0 Å². The van der Waals surface area contributed by atoms with Crippen molar-refractivity contribution in [1.82, 2.24) is 0 Å². The van der Waals surface area contributed by atoms with Crippen molar-refractivity contribution >= 4 is 17.4 Å².